The van der Waals surface area contributed by atoms with E-state index in [1.807, 2.05) is 6.07 Å². The number of benzene rings is 2. The first kappa shape index (κ1) is 17.8. The molecule has 0 aliphatic heterocycles. The van der Waals surface area contributed by atoms with Crippen molar-refractivity contribution in [3.63, 3.8) is 0 Å². The zero-order valence-corrected chi connectivity index (χ0v) is 14.3. The maximum atomic E-state index is 12.5. The standard InChI is InChI=1S/C17H18N2O4S/c1-19(11-12-23-16-9-7-15(22-2)8-10-16)24(20,21)17-6-4-3-5-14(17)13-18/h3-10H,11-12H2,1-2H3. The third-order valence-corrected chi connectivity index (χ3v) is 5.35. The first-order valence-corrected chi connectivity index (χ1v) is 8.65. The molecule has 0 atom stereocenters. The number of hydrogen-bond donors (Lipinski definition) is 0. The fraction of sp³-hybridized carbons (Fsp3) is 0.235. The molecule has 2 aromatic rings. The molecule has 6 nitrogen and oxygen atoms in total. The molecule has 0 saturated heterocycles. The number of nitriles is 1. The average Bonchev–Trinajstić information content (AvgIpc) is 2.62. The Hall–Kier alpha value is -2.56. The van der Waals surface area contributed by atoms with E-state index in [1.165, 1.54) is 23.5 Å². The molecular weight excluding hydrogens is 328 g/mol. The van der Waals surface area contributed by atoms with Crippen LogP contribution in [0.2, 0.25) is 0 Å². The monoisotopic (exact) mass is 346 g/mol. The summed E-state index contributed by atoms with van der Waals surface area (Å²) in [5.41, 5.74) is 0.125. The van der Waals surface area contributed by atoms with Gasteiger partial charge in [-0.2, -0.15) is 9.57 Å². The lowest BCUT2D eigenvalue weighted by atomic mass is 10.2. The van der Waals surface area contributed by atoms with Crippen molar-refractivity contribution in [1.82, 2.24) is 4.31 Å². The Balaban J connectivity index is 2.00. The van der Waals surface area contributed by atoms with Crippen LogP contribution in [-0.4, -0.2) is 40.0 Å². The van der Waals surface area contributed by atoms with Crippen LogP contribution in [0.4, 0.5) is 0 Å². The number of rotatable bonds is 7. The summed E-state index contributed by atoms with van der Waals surface area (Å²) in [5.74, 6) is 1.34. The minimum atomic E-state index is -3.74. The third-order valence-electron chi connectivity index (χ3n) is 3.43. The van der Waals surface area contributed by atoms with E-state index in [0.29, 0.717) is 5.75 Å². The number of hydrogen-bond acceptors (Lipinski definition) is 5. The second kappa shape index (κ2) is 7.81. The van der Waals surface area contributed by atoms with Crippen LogP contribution < -0.4 is 9.47 Å². The van der Waals surface area contributed by atoms with Gasteiger partial charge in [0.05, 0.1) is 17.6 Å². The number of sulfonamides is 1. The van der Waals surface area contributed by atoms with Gasteiger partial charge in [0.1, 0.15) is 24.2 Å². The Morgan fingerprint density at radius 1 is 1.08 bits per heavy atom. The van der Waals surface area contributed by atoms with Gasteiger partial charge in [-0.25, -0.2) is 8.42 Å². The highest BCUT2D eigenvalue weighted by Gasteiger charge is 2.23. The molecular formula is C17H18N2O4S. The normalized spacial score (nSPS) is 11.1. The van der Waals surface area contributed by atoms with Crippen molar-refractivity contribution in [2.75, 3.05) is 27.3 Å². The molecule has 0 bridgehead atoms. The highest BCUT2D eigenvalue weighted by Crippen LogP contribution is 2.19. The largest absolute Gasteiger partial charge is 0.497 e. The van der Waals surface area contributed by atoms with E-state index >= 15 is 0 Å². The summed E-state index contributed by atoms with van der Waals surface area (Å²) in [6.45, 7) is 0.352. The molecule has 0 heterocycles. The molecule has 0 spiro atoms. The Bertz CT molecular complexity index is 826. The quantitative estimate of drug-likeness (QED) is 0.768. The SMILES string of the molecule is COc1ccc(OCCN(C)S(=O)(=O)c2ccccc2C#N)cc1. The molecule has 7 heteroatoms. The van der Waals surface area contributed by atoms with E-state index in [1.54, 1.807) is 43.5 Å². The van der Waals surface area contributed by atoms with Crippen LogP contribution in [0, 0.1) is 11.3 Å². The van der Waals surface area contributed by atoms with Crippen molar-refractivity contribution in [2.24, 2.45) is 0 Å². The van der Waals surface area contributed by atoms with Crippen LogP contribution in [0.25, 0.3) is 0 Å². The van der Waals surface area contributed by atoms with Crippen LogP contribution in [0.15, 0.2) is 53.4 Å². The van der Waals surface area contributed by atoms with E-state index in [0.717, 1.165) is 5.75 Å². The Morgan fingerprint density at radius 2 is 1.71 bits per heavy atom. The number of methoxy groups -OCH3 is 1. The lowest BCUT2D eigenvalue weighted by Gasteiger charge is -2.18. The molecule has 0 aromatic heterocycles. The molecule has 2 aromatic carbocycles. The molecule has 0 unspecified atom stereocenters. The van der Waals surface area contributed by atoms with Crippen molar-refractivity contribution in [3.05, 3.63) is 54.1 Å². The Labute approximate surface area is 141 Å². The van der Waals surface area contributed by atoms with Gasteiger partial charge in [0.25, 0.3) is 0 Å². The van der Waals surface area contributed by atoms with Crippen molar-refractivity contribution >= 4 is 10.0 Å². The fourth-order valence-corrected chi connectivity index (χ4v) is 3.33. The van der Waals surface area contributed by atoms with Crippen molar-refractivity contribution < 1.29 is 17.9 Å². The number of likely N-dealkylation sites (N-methyl/N-ethyl adjacent to an activating group) is 1. The second-order valence-corrected chi connectivity index (χ2v) is 6.97. The average molecular weight is 346 g/mol. The minimum absolute atomic E-state index is 0.000512. The van der Waals surface area contributed by atoms with Gasteiger partial charge in [-0.15, -0.1) is 0 Å². The Morgan fingerprint density at radius 3 is 2.33 bits per heavy atom. The van der Waals surface area contributed by atoms with Crippen molar-refractivity contribution in [3.8, 4) is 17.6 Å². The second-order valence-electron chi connectivity index (χ2n) is 4.96. The summed E-state index contributed by atoms with van der Waals surface area (Å²) in [5, 5.41) is 9.06. The first-order chi connectivity index (χ1) is 11.5. The molecule has 126 valence electrons. The third kappa shape index (κ3) is 4.04. The lowest BCUT2D eigenvalue weighted by Crippen LogP contribution is -2.31. The molecule has 0 aliphatic rings. The van der Waals surface area contributed by atoms with Crippen LogP contribution in [0.1, 0.15) is 5.56 Å². The zero-order valence-electron chi connectivity index (χ0n) is 13.5. The van der Waals surface area contributed by atoms with Crippen LogP contribution in [-0.2, 0) is 10.0 Å². The van der Waals surface area contributed by atoms with Gasteiger partial charge in [-0.3, -0.25) is 0 Å². The van der Waals surface area contributed by atoms with Gasteiger partial charge in [-0.05, 0) is 36.4 Å². The maximum Gasteiger partial charge on any atom is 0.244 e. The molecule has 0 saturated carbocycles. The predicted molar refractivity (Wildman–Crippen MR) is 89.5 cm³/mol. The zero-order chi connectivity index (χ0) is 17.6. The number of nitrogens with zero attached hydrogens (tertiary/aromatic N) is 2. The molecule has 0 N–H and O–H groups in total. The van der Waals surface area contributed by atoms with Gasteiger partial charge in [-0.1, -0.05) is 12.1 Å². The van der Waals surface area contributed by atoms with E-state index in [-0.39, 0.29) is 23.6 Å². The van der Waals surface area contributed by atoms with Gasteiger partial charge in [0.2, 0.25) is 10.0 Å². The van der Waals surface area contributed by atoms with Gasteiger partial charge in [0, 0.05) is 13.6 Å². The fourth-order valence-electron chi connectivity index (χ4n) is 2.04. The van der Waals surface area contributed by atoms with Crippen molar-refractivity contribution in [2.45, 2.75) is 4.90 Å². The van der Waals surface area contributed by atoms with Gasteiger partial charge in [0.15, 0.2) is 0 Å². The first-order valence-electron chi connectivity index (χ1n) is 7.21. The van der Waals surface area contributed by atoms with E-state index in [9.17, 15) is 8.42 Å². The summed E-state index contributed by atoms with van der Waals surface area (Å²) in [6.07, 6.45) is 0. The maximum absolute atomic E-state index is 12.5. The predicted octanol–water partition coefficient (Wildman–Crippen LogP) is 2.27. The highest BCUT2D eigenvalue weighted by molar-refractivity contribution is 7.89. The molecule has 2 rings (SSSR count). The van der Waals surface area contributed by atoms with E-state index in [2.05, 4.69) is 0 Å². The lowest BCUT2D eigenvalue weighted by molar-refractivity contribution is 0.286. The summed E-state index contributed by atoms with van der Waals surface area (Å²) < 4.78 is 36.8. The molecule has 0 fully saturated rings. The highest BCUT2D eigenvalue weighted by atomic mass is 32.2. The smallest absolute Gasteiger partial charge is 0.244 e. The molecule has 0 radical (unpaired) electrons. The van der Waals surface area contributed by atoms with Gasteiger partial charge < -0.3 is 9.47 Å². The van der Waals surface area contributed by atoms with Crippen LogP contribution in [0.3, 0.4) is 0 Å². The van der Waals surface area contributed by atoms with Crippen LogP contribution in [0.5, 0.6) is 11.5 Å². The molecule has 24 heavy (non-hydrogen) atoms. The summed E-state index contributed by atoms with van der Waals surface area (Å²) in [4.78, 5) is -0.000512. The molecule has 0 amide bonds. The minimum Gasteiger partial charge on any atom is -0.497 e. The van der Waals surface area contributed by atoms with Crippen LogP contribution >= 0.6 is 0 Å². The number of ether oxygens (including phenoxy) is 2. The van der Waals surface area contributed by atoms with E-state index in [4.69, 9.17) is 14.7 Å². The van der Waals surface area contributed by atoms with Gasteiger partial charge >= 0.3 is 0 Å². The Kier molecular flexibility index (Phi) is 5.79. The molecule has 0 aliphatic carbocycles. The summed E-state index contributed by atoms with van der Waals surface area (Å²) in [6, 6.07) is 15.1. The van der Waals surface area contributed by atoms with E-state index < -0.39 is 10.0 Å². The van der Waals surface area contributed by atoms with Crippen molar-refractivity contribution in [1.29, 1.82) is 5.26 Å². The topological polar surface area (TPSA) is 79.6 Å². The summed E-state index contributed by atoms with van der Waals surface area (Å²) >= 11 is 0. The summed E-state index contributed by atoms with van der Waals surface area (Å²) in [7, 11) is -0.699.